The number of amides is 1. The maximum atomic E-state index is 12.8. The van der Waals surface area contributed by atoms with E-state index < -0.39 is 29.2 Å². The number of nitrogens with zero attached hydrogens (tertiary/aromatic N) is 3. The number of hydrogen-bond donors (Lipinski definition) is 1. The molecule has 2 heterocycles. The van der Waals surface area contributed by atoms with Gasteiger partial charge in [-0.25, -0.2) is 0 Å². The van der Waals surface area contributed by atoms with E-state index in [9.17, 15) is 22.8 Å². The maximum absolute atomic E-state index is 12.8. The SMILES string of the molecule is Cn1ccc(NC(=O)[C@H](CC2CCCC2)n2ccc(C(F)(F)F)cc2=O)n1. The lowest BCUT2D eigenvalue weighted by Gasteiger charge is -2.22. The summed E-state index contributed by atoms with van der Waals surface area (Å²) < 4.78 is 41.1. The first-order chi connectivity index (χ1) is 12.7. The summed E-state index contributed by atoms with van der Waals surface area (Å²) in [5.41, 5.74) is -1.86. The molecule has 0 bridgehead atoms. The van der Waals surface area contributed by atoms with Gasteiger partial charge in [-0.3, -0.25) is 14.3 Å². The quantitative estimate of drug-likeness (QED) is 0.862. The predicted molar refractivity (Wildman–Crippen MR) is 93.2 cm³/mol. The molecule has 0 aliphatic heterocycles. The number of pyridine rings is 1. The summed E-state index contributed by atoms with van der Waals surface area (Å²) in [7, 11) is 1.70. The van der Waals surface area contributed by atoms with Crippen molar-refractivity contribution in [2.24, 2.45) is 13.0 Å². The number of hydrogen-bond acceptors (Lipinski definition) is 3. The predicted octanol–water partition coefficient (Wildman–Crippen LogP) is 3.36. The van der Waals surface area contributed by atoms with Gasteiger partial charge in [-0.15, -0.1) is 0 Å². The molecular formula is C18H21F3N4O2. The fourth-order valence-corrected chi connectivity index (χ4v) is 3.52. The molecule has 0 aromatic carbocycles. The van der Waals surface area contributed by atoms with Gasteiger partial charge in [0.05, 0.1) is 5.56 Å². The Morgan fingerprint density at radius 3 is 2.56 bits per heavy atom. The zero-order chi connectivity index (χ0) is 19.6. The Kier molecular flexibility index (Phi) is 5.38. The fourth-order valence-electron chi connectivity index (χ4n) is 3.52. The van der Waals surface area contributed by atoms with Crippen LogP contribution in [0.1, 0.15) is 43.7 Å². The highest BCUT2D eigenvalue weighted by Crippen LogP contribution is 2.33. The van der Waals surface area contributed by atoms with Crippen LogP contribution in [0.15, 0.2) is 35.4 Å². The molecule has 1 aliphatic carbocycles. The van der Waals surface area contributed by atoms with Crippen molar-refractivity contribution in [1.82, 2.24) is 14.3 Å². The molecule has 2 aromatic rings. The van der Waals surface area contributed by atoms with E-state index in [-0.39, 0.29) is 5.92 Å². The summed E-state index contributed by atoms with van der Waals surface area (Å²) in [6.07, 6.45) is 2.53. The van der Waals surface area contributed by atoms with Crippen LogP contribution in [0.2, 0.25) is 0 Å². The summed E-state index contributed by atoms with van der Waals surface area (Å²) in [5.74, 6) is 0.139. The molecule has 0 spiro atoms. The summed E-state index contributed by atoms with van der Waals surface area (Å²) in [6, 6.07) is 2.09. The number of aryl methyl sites for hydroxylation is 1. The first-order valence-electron chi connectivity index (χ1n) is 8.84. The average Bonchev–Trinajstić information content (AvgIpc) is 3.23. The molecule has 9 heteroatoms. The third-order valence-electron chi connectivity index (χ3n) is 4.91. The van der Waals surface area contributed by atoms with Crippen LogP contribution in [0.4, 0.5) is 19.0 Å². The van der Waals surface area contributed by atoms with Crippen LogP contribution < -0.4 is 10.9 Å². The molecule has 1 atom stereocenters. The van der Waals surface area contributed by atoms with E-state index in [0.29, 0.717) is 18.3 Å². The van der Waals surface area contributed by atoms with Gasteiger partial charge in [0.15, 0.2) is 5.82 Å². The summed E-state index contributed by atoms with van der Waals surface area (Å²) in [5, 5.41) is 6.73. The highest BCUT2D eigenvalue weighted by Gasteiger charge is 2.33. The summed E-state index contributed by atoms with van der Waals surface area (Å²) in [4.78, 5) is 25.1. The van der Waals surface area contributed by atoms with E-state index in [1.807, 2.05) is 0 Å². The summed E-state index contributed by atoms with van der Waals surface area (Å²) in [6.45, 7) is 0. The number of carbonyl (C=O) groups excluding carboxylic acids is 1. The number of halogens is 3. The second-order valence-electron chi connectivity index (χ2n) is 6.92. The van der Waals surface area contributed by atoms with Gasteiger partial charge in [0, 0.05) is 31.6 Å². The van der Waals surface area contributed by atoms with Crippen molar-refractivity contribution in [2.75, 3.05) is 5.32 Å². The lowest BCUT2D eigenvalue weighted by Crippen LogP contribution is -2.34. The minimum absolute atomic E-state index is 0.263. The van der Waals surface area contributed by atoms with Crippen molar-refractivity contribution in [3.05, 3.63) is 46.5 Å². The van der Waals surface area contributed by atoms with Crippen molar-refractivity contribution in [3.8, 4) is 0 Å². The second kappa shape index (κ2) is 7.58. The van der Waals surface area contributed by atoms with Crippen LogP contribution in [0.5, 0.6) is 0 Å². The molecular weight excluding hydrogens is 361 g/mol. The minimum atomic E-state index is -4.60. The normalized spacial score (nSPS) is 16.4. The number of aromatic nitrogens is 3. The number of carbonyl (C=O) groups is 1. The minimum Gasteiger partial charge on any atom is -0.307 e. The van der Waals surface area contributed by atoms with Crippen molar-refractivity contribution < 1.29 is 18.0 Å². The van der Waals surface area contributed by atoms with Gasteiger partial charge in [-0.05, 0) is 18.4 Å². The lowest BCUT2D eigenvalue weighted by molar-refractivity contribution is -0.137. The van der Waals surface area contributed by atoms with Crippen LogP contribution in [0, 0.1) is 5.92 Å². The van der Waals surface area contributed by atoms with Crippen LogP contribution >= 0.6 is 0 Å². The van der Waals surface area contributed by atoms with Crippen LogP contribution in [0.3, 0.4) is 0 Å². The van der Waals surface area contributed by atoms with E-state index in [1.54, 1.807) is 19.3 Å². The highest BCUT2D eigenvalue weighted by molar-refractivity contribution is 5.92. The van der Waals surface area contributed by atoms with E-state index in [1.165, 1.54) is 4.68 Å². The second-order valence-corrected chi connectivity index (χ2v) is 6.92. The molecule has 1 fully saturated rings. The van der Waals surface area contributed by atoms with Crippen LogP contribution in [0.25, 0.3) is 0 Å². The Morgan fingerprint density at radius 1 is 1.30 bits per heavy atom. The van der Waals surface area contributed by atoms with Gasteiger partial charge in [-0.1, -0.05) is 25.7 Å². The Morgan fingerprint density at radius 2 is 2.00 bits per heavy atom. The van der Waals surface area contributed by atoms with Crippen LogP contribution in [-0.2, 0) is 18.0 Å². The van der Waals surface area contributed by atoms with Gasteiger partial charge < -0.3 is 9.88 Å². The third kappa shape index (κ3) is 4.58. The van der Waals surface area contributed by atoms with Gasteiger partial charge in [0.1, 0.15) is 6.04 Å². The van der Waals surface area contributed by atoms with Crippen LogP contribution in [-0.4, -0.2) is 20.3 Å². The Hall–Kier alpha value is -2.58. The molecule has 1 amide bonds. The zero-order valence-electron chi connectivity index (χ0n) is 14.9. The van der Waals surface area contributed by atoms with Gasteiger partial charge in [0.25, 0.3) is 5.56 Å². The van der Waals surface area contributed by atoms with Gasteiger partial charge in [-0.2, -0.15) is 18.3 Å². The Labute approximate surface area is 154 Å². The molecule has 6 nitrogen and oxygen atoms in total. The first kappa shape index (κ1) is 19.2. The molecule has 0 saturated heterocycles. The van der Waals surface area contributed by atoms with Crippen molar-refractivity contribution in [2.45, 2.75) is 44.3 Å². The maximum Gasteiger partial charge on any atom is 0.416 e. The van der Waals surface area contributed by atoms with Gasteiger partial charge in [0.2, 0.25) is 5.91 Å². The zero-order valence-corrected chi connectivity index (χ0v) is 14.9. The lowest BCUT2D eigenvalue weighted by atomic mass is 9.97. The number of anilines is 1. The fraction of sp³-hybridized carbons (Fsp3) is 0.500. The number of alkyl halides is 3. The third-order valence-corrected chi connectivity index (χ3v) is 4.91. The standard InChI is InChI=1S/C18H21F3N4O2/c1-24-8-7-15(23-24)22-17(27)14(10-12-4-2-3-5-12)25-9-6-13(11-16(25)26)18(19,20)21/h6-9,11-12,14H,2-5,10H2,1H3,(H,22,23,27)/t14-/m0/s1. The van der Waals surface area contributed by atoms with Crippen molar-refractivity contribution in [3.63, 3.8) is 0 Å². The molecule has 3 rings (SSSR count). The van der Waals surface area contributed by atoms with E-state index in [2.05, 4.69) is 10.4 Å². The highest BCUT2D eigenvalue weighted by atomic mass is 19.4. The molecule has 2 aromatic heterocycles. The number of rotatable bonds is 5. The Bertz CT molecular complexity index is 866. The molecule has 1 N–H and O–H groups in total. The van der Waals surface area contributed by atoms with E-state index >= 15 is 0 Å². The smallest absolute Gasteiger partial charge is 0.307 e. The monoisotopic (exact) mass is 382 g/mol. The van der Waals surface area contributed by atoms with E-state index in [4.69, 9.17) is 0 Å². The first-order valence-corrected chi connectivity index (χ1v) is 8.84. The van der Waals surface area contributed by atoms with Crippen molar-refractivity contribution in [1.29, 1.82) is 0 Å². The Balaban J connectivity index is 1.89. The average molecular weight is 382 g/mol. The molecule has 1 aliphatic rings. The molecule has 1 saturated carbocycles. The van der Waals surface area contributed by atoms with Crippen molar-refractivity contribution >= 4 is 11.7 Å². The topological polar surface area (TPSA) is 68.9 Å². The molecule has 27 heavy (non-hydrogen) atoms. The summed E-state index contributed by atoms with van der Waals surface area (Å²) >= 11 is 0. The molecule has 0 unspecified atom stereocenters. The number of nitrogens with one attached hydrogen (secondary N) is 1. The molecule has 0 radical (unpaired) electrons. The largest absolute Gasteiger partial charge is 0.416 e. The molecule has 146 valence electrons. The van der Waals surface area contributed by atoms with Gasteiger partial charge >= 0.3 is 6.18 Å². The van der Waals surface area contributed by atoms with E-state index in [0.717, 1.165) is 42.5 Å².